The molecule has 0 fully saturated rings. The van der Waals surface area contributed by atoms with Crippen LogP contribution in [0.2, 0.25) is 0 Å². The SMILES string of the molecule is Cc1ncc(COP(=O)(O)OC[C@@H](O)[C@@H](O)C(=O)CO)c(CO)c1O. The lowest BCUT2D eigenvalue weighted by Gasteiger charge is -2.18. The van der Waals surface area contributed by atoms with Crippen LogP contribution in [0.5, 0.6) is 5.75 Å². The number of rotatable bonds is 10. The molecule has 0 saturated carbocycles. The zero-order chi connectivity index (χ0) is 19.2. The van der Waals surface area contributed by atoms with E-state index in [0.29, 0.717) is 0 Å². The maximum atomic E-state index is 11.7. The van der Waals surface area contributed by atoms with Crippen LogP contribution in [0.4, 0.5) is 0 Å². The summed E-state index contributed by atoms with van der Waals surface area (Å²) in [5.74, 6) is -1.36. The van der Waals surface area contributed by atoms with Gasteiger partial charge in [0.25, 0.3) is 0 Å². The van der Waals surface area contributed by atoms with Crippen LogP contribution < -0.4 is 0 Å². The minimum absolute atomic E-state index is 0.0662. The lowest BCUT2D eigenvalue weighted by atomic mass is 10.1. The fourth-order valence-electron chi connectivity index (χ4n) is 1.74. The molecular formula is C13H20NO10P. The molecule has 3 atom stereocenters. The van der Waals surface area contributed by atoms with Crippen molar-refractivity contribution in [1.82, 2.24) is 4.98 Å². The summed E-state index contributed by atoms with van der Waals surface area (Å²) in [6.45, 7) is -1.53. The van der Waals surface area contributed by atoms with E-state index in [1.807, 2.05) is 0 Å². The van der Waals surface area contributed by atoms with Gasteiger partial charge >= 0.3 is 7.82 Å². The predicted molar refractivity (Wildman–Crippen MR) is 81.2 cm³/mol. The van der Waals surface area contributed by atoms with Crippen molar-refractivity contribution in [3.63, 3.8) is 0 Å². The fraction of sp³-hybridized carbons (Fsp3) is 0.538. The summed E-state index contributed by atoms with van der Waals surface area (Å²) in [7, 11) is -4.68. The maximum absolute atomic E-state index is 11.7. The second-order valence-electron chi connectivity index (χ2n) is 5.03. The van der Waals surface area contributed by atoms with E-state index in [0.717, 1.165) is 0 Å². The normalized spacial score (nSPS) is 16.2. The molecule has 12 heteroatoms. The van der Waals surface area contributed by atoms with Gasteiger partial charge in [0.15, 0.2) is 5.78 Å². The van der Waals surface area contributed by atoms with Gasteiger partial charge in [0.1, 0.15) is 24.6 Å². The highest BCUT2D eigenvalue weighted by Gasteiger charge is 2.29. The van der Waals surface area contributed by atoms with Gasteiger partial charge in [-0.15, -0.1) is 0 Å². The summed E-state index contributed by atoms with van der Waals surface area (Å²) in [4.78, 5) is 24.3. The number of pyridine rings is 1. The highest BCUT2D eigenvalue weighted by Crippen LogP contribution is 2.44. The van der Waals surface area contributed by atoms with E-state index in [-0.39, 0.29) is 22.6 Å². The minimum Gasteiger partial charge on any atom is -0.506 e. The second-order valence-corrected chi connectivity index (χ2v) is 6.48. The number of carbonyl (C=O) groups is 1. The van der Waals surface area contributed by atoms with Gasteiger partial charge in [0, 0.05) is 17.3 Å². The van der Waals surface area contributed by atoms with Crippen LogP contribution >= 0.6 is 7.82 Å². The van der Waals surface area contributed by atoms with Crippen molar-refractivity contribution in [3.05, 3.63) is 23.0 Å². The van der Waals surface area contributed by atoms with Crippen LogP contribution in [0.15, 0.2) is 6.20 Å². The molecule has 25 heavy (non-hydrogen) atoms. The first-order valence-electron chi connectivity index (χ1n) is 7.01. The summed E-state index contributed by atoms with van der Waals surface area (Å²) in [6.07, 6.45) is -2.59. The Labute approximate surface area is 142 Å². The number of Topliss-reactive ketones (excluding diaryl/α,β-unsaturated/α-hetero) is 1. The molecule has 11 nitrogen and oxygen atoms in total. The summed E-state index contributed by atoms with van der Waals surface area (Å²) < 4.78 is 20.9. The van der Waals surface area contributed by atoms with Gasteiger partial charge < -0.3 is 30.4 Å². The molecule has 0 aromatic carbocycles. The van der Waals surface area contributed by atoms with E-state index in [1.54, 1.807) is 0 Å². The number of hydrogen-bond donors (Lipinski definition) is 6. The summed E-state index contributed by atoms with van der Waals surface area (Å²) >= 11 is 0. The molecule has 0 saturated heterocycles. The molecule has 0 spiro atoms. The van der Waals surface area contributed by atoms with Crippen molar-refractivity contribution in [2.24, 2.45) is 0 Å². The van der Waals surface area contributed by atoms with E-state index in [9.17, 15) is 34.7 Å². The van der Waals surface area contributed by atoms with Crippen LogP contribution in [0.1, 0.15) is 16.8 Å². The van der Waals surface area contributed by atoms with Gasteiger partial charge in [0.05, 0.1) is 25.5 Å². The lowest BCUT2D eigenvalue weighted by Crippen LogP contribution is -2.38. The Hall–Kier alpha value is -1.43. The zero-order valence-corrected chi connectivity index (χ0v) is 14.2. The van der Waals surface area contributed by atoms with Gasteiger partial charge in [0.2, 0.25) is 0 Å². The smallest absolute Gasteiger partial charge is 0.472 e. The third-order valence-electron chi connectivity index (χ3n) is 3.23. The van der Waals surface area contributed by atoms with Crippen LogP contribution in [-0.2, 0) is 31.6 Å². The third-order valence-corrected chi connectivity index (χ3v) is 4.16. The number of aryl methyl sites for hydroxylation is 1. The molecule has 1 rings (SSSR count). The van der Waals surface area contributed by atoms with Gasteiger partial charge in [-0.2, -0.15) is 0 Å². The number of phosphoric acid groups is 1. The molecule has 0 aliphatic carbocycles. The maximum Gasteiger partial charge on any atom is 0.472 e. The van der Waals surface area contributed by atoms with Gasteiger partial charge in [-0.1, -0.05) is 0 Å². The molecular weight excluding hydrogens is 361 g/mol. The Morgan fingerprint density at radius 3 is 2.52 bits per heavy atom. The molecule has 0 radical (unpaired) electrons. The fourth-order valence-corrected chi connectivity index (χ4v) is 2.46. The second kappa shape index (κ2) is 9.32. The molecule has 1 heterocycles. The summed E-state index contributed by atoms with van der Waals surface area (Å²) in [5, 5.41) is 46.3. The monoisotopic (exact) mass is 381 g/mol. The van der Waals surface area contributed by atoms with Crippen LogP contribution in [0, 0.1) is 6.92 Å². The Balaban J connectivity index is 2.66. The molecule has 1 aromatic heterocycles. The number of hydrogen-bond acceptors (Lipinski definition) is 10. The summed E-state index contributed by atoms with van der Waals surface area (Å²) in [6, 6.07) is 0. The zero-order valence-electron chi connectivity index (χ0n) is 13.3. The first-order valence-corrected chi connectivity index (χ1v) is 8.51. The highest BCUT2D eigenvalue weighted by molar-refractivity contribution is 7.47. The number of aliphatic hydroxyl groups excluding tert-OH is 4. The Morgan fingerprint density at radius 1 is 1.32 bits per heavy atom. The van der Waals surface area contributed by atoms with E-state index >= 15 is 0 Å². The Morgan fingerprint density at radius 2 is 1.96 bits per heavy atom. The largest absolute Gasteiger partial charge is 0.506 e. The first kappa shape index (κ1) is 21.6. The first-order chi connectivity index (χ1) is 11.6. The van der Waals surface area contributed by atoms with Crippen LogP contribution in [0.25, 0.3) is 0 Å². The van der Waals surface area contributed by atoms with Gasteiger partial charge in [-0.05, 0) is 6.92 Å². The predicted octanol–water partition coefficient (Wildman–Crippen LogP) is -1.50. The molecule has 1 aromatic rings. The number of aliphatic hydroxyl groups is 4. The van der Waals surface area contributed by atoms with E-state index < -0.39 is 52.2 Å². The lowest BCUT2D eigenvalue weighted by molar-refractivity contribution is -0.137. The van der Waals surface area contributed by atoms with Crippen molar-refractivity contribution in [2.45, 2.75) is 32.3 Å². The van der Waals surface area contributed by atoms with Gasteiger partial charge in [-0.3, -0.25) is 18.8 Å². The molecule has 1 unspecified atom stereocenters. The number of ketones is 1. The van der Waals surface area contributed by atoms with Crippen LogP contribution in [0.3, 0.4) is 0 Å². The van der Waals surface area contributed by atoms with Crippen molar-refractivity contribution in [1.29, 1.82) is 0 Å². The Kier molecular flexibility index (Phi) is 8.06. The average molecular weight is 381 g/mol. The minimum atomic E-state index is -4.68. The van der Waals surface area contributed by atoms with Gasteiger partial charge in [-0.25, -0.2) is 4.57 Å². The van der Waals surface area contributed by atoms with E-state index in [2.05, 4.69) is 14.0 Å². The molecule has 0 aliphatic heterocycles. The number of aromatic nitrogens is 1. The number of carbonyl (C=O) groups excluding carboxylic acids is 1. The molecule has 0 aliphatic rings. The standard InChI is InChI=1S/C13H20NO10P/c1-7-12(19)9(3-15)8(2-14-7)5-23-25(21,22)24-6-11(18)13(20)10(17)4-16/h2,11,13,15-16,18-20H,3-6H2,1H3,(H,21,22)/t11-,13+/m1/s1. The molecule has 0 amide bonds. The van der Waals surface area contributed by atoms with Crippen molar-refractivity contribution >= 4 is 13.6 Å². The quantitative estimate of drug-likeness (QED) is 0.259. The van der Waals surface area contributed by atoms with Crippen molar-refractivity contribution in [2.75, 3.05) is 13.2 Å². The van der Waals surface area contributed by atoms with Crippen LogP contribution in [-0.4, -0.2) is 66.6 Å². The van der Waals surface area contributed by atoms with Crippen molar-refractivity contribution in [3.8, 4) is 5.75 Å². The third kappa shape index (κ3) is 6.10. The molecule has 6 N–H and O–H groups in total. The number of aromatic hydroxyl groups is 1. The summed E-state index contributed by atoms with van der Waals surface area (Å²) in [5.41, 5.74) is 0.456. The number of phosphoric ester groups is 1. The average Bonchev–Trinajstić information content (AvgIpc) is 2.59. The highest BCUT2D eigenvalue weighted by atomic mass is 31.2. The van der Waals surface area contributed by atoms with E-state index in [4.69, 9.17) is 5.11 Å². The van der Waals surface area contributed by atoms with Crippen molar-refractivity contribution < 1.29 is 48.8 Å². The topological polar surface area (TPSA) is 187 Å². The Bertz CT molecular complexity index is 652. The van der Waals surface area contributed by atoms with E-state index in [1.165, 1.54) is 13.1 Å². The molecule has 142 valence electrons. The number of nitrogens with zero attached hydrogens (tertiary/aromatic N) is 1. The molecule has 0 bridgehead atoms.